The Morgan fingerprint density at radius 2 is 1.06 bits per heavy atom. The van der Waals surface area contributed by atoms with Crippen LogP contribution >= 0.6 is 0 Å². The Balaban J connectivity index is 2.45. The molecule has 0 spiro atoms. The molecular weight excluding hydrogens is 640 g/mol. The normalized spacial score (nSPS) is 13.7. The molecule has 2 aromatic carbocycles. The maximum Gasteiger partial charge on any atom is 0.326 e. The van der Waals surface area contributed by atoms with Crippen molar-refractivity contribution in [2.45, 2.75) is 71.6 Å². The molecule has 5 N–H and O–H groups in total. The number of anilines is 2. The van der Waals surface area contributed by atoms with E-state index in [4.69, 9.17) is 5.73 Å². The van der Waals surface area contributed by atoms with Gasteiger partial charge in [0.05, 0.1) is 5.69 Å². The predicted molar refractivity (Wildman–Crippen MR) is 194 cm³/mol. The van der Waals surface area contributed by atoms with Gasteiger partial charge in [-0.2, -0.15) is 5.53 Å². The molecule has 0 fully saturated rings. The third kappa shape index (κ3) is 10.9. The summed E-state index contributed by atoms with van der Waals surface area (Å²) in [5.74, 6) is -3.62. The van der Waals surface area contributed by atoms with Gasteiger partial charge in [-0.05, 0) is 47.2 Å². The topological polar surface area (TPSA) is 172 Å². The van der Waals surface area contributed by atoms with Crippen LogP contribution in [0.25, 0.3) is 0 Å². The van der Waals surface area contributed by atoms with Crippen molar-refractivity contribution in [2.75, 3.05) is 53.4 Å². The van der Waals surface area contributed by atoms with Crippen LogP contribution in [-0.4, -0.2) is 126 Å². The van der Waals surface area contributed by atoms with Gasteiger partial charge >= 0.3 is 5.97 Å². The van der Waals surface area contributed by atoms with Gasteiger partial charge < -0.3 is 35.9 Å². The lowest BCUT2D eigenvalue weighted by Gasteiger charge is -2.40. The first-order valence-electron chi connectivity index (χ1n) is 16.7. The van der Waals surface area contributed by atoms with Crippen LogP contribution in [0.3, 0.4) is 0 Å². The fourth-order valence-corrected chi connectivity index (χ4v) is 5.87. The minimum absolute atomic E-state index is 0.0404. The minimum Gasteiger partial charge on any atom is -0.480 e. The van der Waals surface area contributed by atoms with Gasteiger partial charge in [0.1, 0.15) is 24.2 Å². The van der Waals surface area contributed by atoms with Crippen LogP contribution < -0.4 is 16.7 Å². The monoisotopic (exact) mass is 696 g/mol. The molecular formula is C36H56N8O6. The molecule has 0 aliphatic carbocycles. The number of hydrazine groups is 2. The molecule has 50 heavy (non-hydrogen) atoms. The van der Waals surface area contributed by atoms with Gasteiger partial charge in [-0.15, -0.1) is 0 Å². The summed E-state index contributed by atoms with van der Waals surface area (Å²) in [6.07, 6.45) is 0.153. The standard InChI is InChI=1S/C36H56N8O6/c1-22(2)31(41(8)24(5)45)34(47)42(9)29(20-25-12-16-27(37)17-13-25)33(46)44(11)32(23(3)4)35(48)43(10)30(36(49)50)21-26-14-18-28(19-15-26)38-39-40(6)7/h12-19,22-23,29-32,38-39H,20-21,37H2,1-11H3,(H,49,50)/t29-,30-,31+,32+/m1/s1. The van der Waals surface area contributed by atoms with Gasteiger partial charge in [0.15, 0.2) is 0 Å². The lowest BCUT2D eigenvalue weighted by Crippen LogP contribution is -2.60. The zero-order valence-corrected chi connectivity index (χ0v) is 31.3. The summed E-state index contributed by atoms with van der Waals surface area (Å²) in [5.41, 5.74) is 14.6. The first kappa shape index (κ1) is 41.5. The molecule has 14 heteroatoms. The van der Waals surface area contributed by atoms with Crippen molar-refractivity contribution in [3.63, 3.8) is 0 Å². The molecule has 14 nitrogen and oxygen atoms in total. The number of benzene rings is 2. The van der Waals surface area contributed by atoms with Crippen LogP contribution in [0, 0.1) is 11.8 Å². The Bertz CT molecular complexity index is 1460. The molecule has 4 amide bonds. The van der Waals surface area contributed by atoms with Gasteiger partial charge in [-0.3, -0.25) is 19.2 Å². The highest BCUT2D eigenvalue weighted by Crippen LogP contribution is 2.22. The second-order valence-electron chi connectivity index (χ2n) is 13.7. The van der Waals surface area contributed by atoms with Gasteiger partial charge in [-0.1, -0.05) is 52.0 Å². The molecule has 0 aliphatic heterocycles. The van der Waals surface area contributed by atoms with Crippen molar-refractivity contribution in [1.29, 1.82) is 0 Å². The zero-order chi connectivity index (χ0) is 38.0. The smallest absolute Gasteiger partial charge is 0.326 e. The van der Waals surface area contributed by atoms with Gasteiger partial charge in [0.2, 0.25) is 23.6 Å². The molecule has 2 aromatic rings. The average molecular weight is 697 g/mol. The largest absolute Gasteiger partial charge is 0.480 e. The fraction of sp³-hybridized carbons (Fsp3) is 0.528. The van der Waals surface area contributed by atoms with E-state index < -0.39 is 53.8 Å². The van der Waals surface area contributed by atoms with Crippen molar-refractivity contribution in [3.8, 4) is 0 Å². The summed E-state index contributed by atoms with van der Waals surface area (Å²) in [7, 11) is 9.66. The summed E-state index contributed by atoms with van der Waals surface area (Å²) in [4.78, 5) is 72.7. The number of rotatable bonds is 17. The number of likely N-dealkylation sites (N-methyl/N-ethyl adjacent to an activating group) is 4. The van der Waals surface area contributed by atoms with Crippen molar-refractivity contribution in [1.82, 2.24) is 30.1 Å². The SMILES string of the molecule is CC(=O)N(C)[C@H](C(=O)N(C)[C@H](Cc1ccc(N)cc1)C(=O)N(C)[C@H](C(=O)N(C)[C@H](Cc1ccc(NNN(C)C)cc1)C(=O)O)C(C)C)C(C)C. The number of hydrogen-bond donors (Lipinski definition) is 4. The highest BCUT2D eigenvalue weighted by molar-refractivity contribution is 5.95. The molecule has 0 bridgehead atoms. The first-order valence-corrected chi connectivity index (χ1v) is 16.7. The number of carbonyl (C=O) groups excluding carboxylic acids is 4. The number of carbonyl (C=O) groups is 5. The Kier molecular flexibility index (Phi) is 15.2. The predicted octanol–water partition coefficient (Wildman–Crippen LogP) is 2.17. The Morgan fingerprint density at radius 1 is 0.640 bits per heavy atom. The molecule has 0 radical (unpaired) electrons. The molecule has 0 aromatic heterocycles. The maximum absolute atomic E-state index is 14.5. The molecule has 0 saturated carbocycles. The molecule has 0 aliphatic rings. The highest BCUT2D eigenvalue weighted by atomic mass is 16.4. The number of nitrogens with two attached hydrogens (primary N) is 1. The van der Waals surface area contributed by atoms with Gasteiger partial charge in [0.25, 0.3) is 0 Å². The lowest BCUT2D eigenvalue weighted by atomic mass is 9.95. The second kappa shape index (κ2) is 18.3. The molecule has 276 valence electrons. The highest BCUT2D eigenvalue weighted by Gasteiger charge is 2.41. The number of nitrogens with one attached hydrogen (secondary N) is 2. The number of carboxylic acid groups (broad SMARTS) is 1. The van der Waals surface area contributed by atoms with Crippen LogP contribution in [0.4, 0.5) is 11.4 Å². The van der Waals surface area contributed by atoms with Gasteiger partial charge in [0, 0.05) is 67.7 Å². The van der Waals surface area contributed by atoms with Crippen LogP contribution in [0.15, 0.2) is 48.5 Å². The molecule has 4 atom stereocenters. The number of carboxylic acids is 1. The number of aliphatic carboxylic acids is 1. The lowest BCUT2D eigenvalue weighted by molar-refractivity contribution is -0.157. The molecule has 2 rings (SSSR count). The second-order valence-corrected chi connectivity index (χ2v) is 13.7. The summed E-state index contributed by atoms with van der Waals surface area (Å²) in [6, 6.07) is 9.97. The number of amides is 4. The van der Waals surface area contributed by atoms with E-state index in [9.17, 15) is 29.1 Å². The van der Waals surface area contributed by atoms with Crippen LogP contribution in [0.1, 0.15) is 45.7 Å². The molecule has 0 saturated heterocycles. The number of nitrogen functional groups attached to an aromatic ring is 1. The quantitative estimate of drug-likeness (QED) is 0.142. The van der Waals surface area contributed by atoms with E-state index in [0.29, 0.717) is 11.3 Å². The summed E-state index contributed by atoms with van der Waals surface area (Å²) >= 11 is 0. The summed E-state index contributed by atoms with van der Waals surface area (Å²) in [6.45, 7) is 8.60. The molecule has 0 heterocycles. The van der Waals surface area contributed by atoms with Crippen LogP contribution in [-0.2, 0) is 36.8 Å². The van der Waals surface area contributed by atoms with Crippen molar-refractivity contribution >= 4 is 41.0 Å². The number of nitrogens with zero attached hydrogens (tertiary/aromatic N) is 5. The van der Waals surface area contributed by atoms with E-state index in [1.54, 1.807) is 74.4 Å². The third-order valence-electron chi connectivity index (χ3n) is 8.86. The Morgan fingerprint density at radius 3 is 1.48 bits per heavy atom. The Labute approximate surface area is 296 Å². The van der Waals surface area contributed by atoms with E-state index in [-0.39, 0.29) is 24.7 Å². The molecule has 0 unspecified atom stereocenters. The third-order valence-corrected chi connectivity index (χ3v) is 8.86. The fourth-order valence-electron chi connectivity index (χ4n) is 5.87. The van der Waals surface area contributed by atoms with E-state index in [0.717, 1.165) is 11.3 Å². The summed E-state index contributed by atoms with van der Waals surface area (Å²) in [5, 5.41) is 12.0. The first-order chi connectivity index (χ1) is 23.3. The minimum atomic E-state index is -1.21. The van der Waals surface area contributed by atoms with Crippen molar-refractivity contribution in [3.05, 3.63) is 59.7 Å². The van der Waals surface area contributed by atoms with Crippen molar-refractivity contribution in [2.24, 2.45) is 11.8 Å². The van der Waals surface area contributed by atoms with Gasteiger partial charge in [-0.25, -0.2) is 9.80 Å². The Hall–Kier alpha value is -4.69. The summed E-state index contributed by atoms with van der Waals surface area (Å²) < 4.78 is 0. The number of hydrogen-bond acceptors (Lipinski definition) is 9. The van der Waals surface area contributed by atoms with Crippen LogP contribution in [0.2, 0.25) is 0 Å². The maximum atomic E-state index is 14.5. The van der Waals surface area contributed by atoms with Crippen LogP contribution in [0.5, 0.6) is 0 Å². The van der Waals surface area contributed by atoms with E-state index >= 15 is 0 Å². The average Bonchev–Trinajstić information content (AvgIpc) is 3.04. The van der Waals surface area contributed by atoms with E-state index in [1.165, 1.54) is 47.7 Å². The van der Waals surface area contributed by atoms with E-state index in [1.807, 2.05) is 27.9 Å². The van der Waals surface area contributed by atoms with E-state index in [2.05, 4.69) is 11.0 Å². The van der Waals surface area contributed by atoms with Crippen molar-refractivity contribution < 1.29 is 29.1 Å². The zero-order valence-electron chi connectivity index (χ0n) is 31.3.